The van der Waals surface area contributed by atoms with Crippen molar-refractivity contribution in [2.75, 3.05) is 0 Å². The molecule has 0 amide bonds. The Morgan fingerprint density at radius 1 is 1.30 bits per heavy atom. The molecule has 0 saturated carbocycles. The second kappa shape index (κ2) is 6.29. The van der Waals surface area contributed by atoms with Gasteiger partial charge in [0.05, 0.1) is 10.0 Å². The molecule has 2 rings (SSSR count). The molecule has 9 heteroatoms. The Kier molecular flexibility index (Phi) is 5.09. The molecule has 0 saturated heterocycles. The van der Waals surface area contributed by atoms with Crippen LogP contribution in [0.2, 0.25) is 10.0 Å². The van der Waals surface area contributed by atoms with Gasteiger partial charge in [-0.15, -0.1) is 11.3 Å². The third kappa shape index (κ3) is 3.35. The van der Waals surface area contributed by atoms with E-state index in [1.54, 1.807) is 0 Å². The minimum Gasteiger partial charge on any atom is -0.207 e. The average molecular weight is 419 g/mol. The van der Waals surface area contributed by atoms with E-state index in [1.165, 1.54) is 17.4 Å². The molecule has 108 valence electrons. The van der Waals surface area contributed by atoms with Crippen LogP contribution >= 0.6 is 50.5 Å². The van der Waals surface area contributed by atoms with E-state index in [-0.39, 0.29) is 16.5 Å². The summed E-state index contributed by atoms with van der Waals surface area (Å²) in [5.41, 5.74) is 0. The van der Waals surface area contributed by atoms with Gasteiger partial charge in [-0.3, -0.25) is 0 Å². The first-order chi connectivity index (χ1) is 9.33. The van der Waals surface area contributed by atoms with Crippen molar-refractivity contribution in [3.05, 3.63) is 48.8 Å². The Bertz CT molecular complexity index is 749. The number of benzene rings is 1. The van der Waals surface area contributed by atoms with Gasteiger partial charge >= 0.3 is 0 Å². The SMILES string of the molecule is O=S(=O)(NCc1sccc1Br)c1ccc(Cl)c(F)c1Cl. The van der Waals surface area contributed by atoms with Crippen molar-refractivity contribution in [2.24, 2.45) is 0 Å². The normalized spacial score (nSPS) is 11.8. The number of thiophene rings is 1. The van der Waals surface area contributed by atoms with Crippen molar-refractivity contribution >= 4 is 60.5 Å². The Balaban J connectivity index is 2.27. The number of rotatable bonds is 4. The first-order valence-electron chi connectivity index (χ1n) is 5.18. The summed E-state index contributed by atoms with van der Waals surface area (Å²) in [7, 11) is -3.92. The summed E-state index contributed by atoms with van der Waals surface area (Å²) in [6, 6.07) is 4.13. The van der Waals surface area contributed by atoms with E-state index >= 15 is 0 Å². The molecule has 0 atom stereocenters. The molecule has 0 aliphatic rings. The topological polar surface area (TPSA) is 46.2 Å². The van der Waals surface area contributed by atoms with E-state index in [0.717, 1.165) is 15.4 Å². The Hall–Kier alpha value is -0.180. The minimum absolute atomic E-state index is 0.0845. The van der Waals surface area contributed by atoms with E-state index in [4.69, 9.17) is 23.2 Å². The maximum Gasteiger partial charge on any atom is 0.242 e. The number of hydrogen-bond donors (Lipinski definition) is 1. The van der Waals surface area contributed by atoms with Crippen LogP contribution < -0.4 is 4.72 Å². The first-order valence-corrected chi connectivity index (χ1v) is 9.09. The van der Waals surface area contributed by atoms with Crippen LogP contribution in [0.5, 0.6) is 0 Å². The average Bonchev–Trinajstić information content (AvgIpc) is 2.79. The summed E-state index contributed by atoms with van der Waals surface area (Å²) in [6.07, 6.45) is 0. The highest BCUT2D eigenvalue weighted by Gasteiger charge is 2.22. The maximum absolute atomic E-state index is 13.5. The van der Waals surface area contributed by atoms with Gasteiger partial charge in [0.2, 0.25) is 10.0 Å². The zero-order chi connectivity index (χ0) is 14.9. The predicted octanol–water partition coefficient (Wildman–Crippen LogP) is 4.44. The Morgan fingerprint density at radius 2 is 2.00 bits per heavy atom. The van der Waals surface area contributed by atoms with Crippen LogP contribution in [-0.4, -0.2) is 8.42 Å². The van der Waals surface area contributed by atoms with E-state index in [2.05, 4.69) is 20.7 Å². The highest BCUT2D eigenvalue weighted by molar-refractivity contribution is 9.10. The van der Waals surface area contributed by atoms with Crippen LogP contribution in [-0.2, 0) is 16.6 Å². The quantitative estimate of drug-likeness (QED) is 0.746. The van der Waals surface area contributed by atoms with E-state index in [9.17, 15) is 12.8 Å². The highest BCUT2D eigenvalue weighted by atomic mass is 79.9. The third-order valence-corrected chi connectivity index (χ3v) is 6.55. The largest absolute Gasteiger partial charge is 0.242 e. The standard InChI is InChI=1S/C11H7BrCl2FNO2S2/c12-6-3-4-19-8(6)5-16-20(17,18)9-2-1-7(13)11(15)10(9)14/h1-4,16H,5H2. The Morgan fingerprint density at radius 3 is 2.60 bits per heavy atom. The van der Waals surface area contributed by atoms with Crippen molar-refractivity contribution in [3.8, 4) is 0 Å². The van der Waals surface area contributed by atoms with Gasteiger partial charge in [0.25, 0.3) is 0 Å². The molecular formula is C11H7BrCl2FNO2S2. The molecule has 1 aromatic carbocycles. The van der Waals surface area contributed by atoms with Crippen LogP contribution in [0.25, 0.3) is 0 Å². The van der Waals surface area contributed by atoms with Crippen LogP contribution in [0.3, 0.4) is 0 Å². The summed E-state index contributed by atoms with van der Waals surface area (Å²) in [4.78, 5) is 0.466. The van der Waals surface area contributed by atoms with Crippen LogP contribution in [0, 0.1) is 5.82 Å². The molecule has 1 N–H and O–H groups in total. The molecule has 1 aromatic heterocycles. The molecule has 0 radical (unpaired) electrons. The molecule has 20 heavy (non-hydrogen) atoms. The molecular weight excluding hydrogens is 412 g/mol. The van der Waals surface area contributed by atoms with E-state index in [1.807, 2.05) is 11.4 Å². The van der Waals surface area contributed by atoms with E-state index < -0.39 is 20.9 Å². The maximum atomic E-state index is 13.5. The molecule has 0 spiro atoms. The summed E-state index contributed by atoms with van der Waals surface area (Å²) in [5, 5.41) is 1.08. The van der Waals surface area contributed by atoms with Crippen molar-refractivity contribution in [1.29, 1.82) is 0 Å². The van der Waals surface area contributed by atoms with Gasteiger partial charge < -0.3 is 0 Å². The highest BCUT2D eigenvalue weighted by Crippen LogP contribution is 2.30. The zero-order valence-electron chi connectivity index (χ0n) is 9.66. The summed E-state index contributed by atoms with van der Waals surface area (Å²) in [5.74, 6) is -0.950. The van der Waals surface area contributed by atoms with Gasteiger partial charge in [0.1, 0.15) is 4.90 Å². The minimum atomic E-state index is -3.92. The van der Waals surface area contributed by atoms with Gasteiger partial charge in [0, 0.05) is 15.9 Å². The lowest BCUT2D eigenvalue weighted by atomic mass is 10.3. The van der Waals surface area contributed by atoms with Gasteiger partial charge in [-0.05, 0) is 39.5 Å². The fraction of sp³-hybridized carbons (Fsp3) is 0.0909. The number of halogens is 4. The van der Waals surface area contributed by atoms with E-state index in [0.29, 0.717) is 0 Å². The van der Waals surface area contributed by atoms with Crippen LogP contribution in [0.15, 0.2) is 32.9 Å². The predicted molar refractivity (Wildman–Crippen MR) is 82.5 cm³/mol. The Labute approximate surface area is 137 Å². The second-order valence-corrected chi connectivity index (χ2v) is 8.07. The monoisotopic (exact) mass is 417 g/mol. The molecule has 1 heterocycles. The lowest BCUT2D eigenvalue weighted by Gasteiger charge is -2.09. The molecule has 2 aromatic rings. The van der Waals surface area contributed by atoms with Gasteiger partial charge in [0.15, 0.2) is 5.82 Å². The fourth-order valence-corrected chi connectivity index (χ4v) is 4.67. The third-order valence-electron chi connectivity index (χ3n) is 2.40. The fourth-order valence-electron chi connectivity index (χ4n) is 1.41. The summed E-state index contributed by atoms with van der Waals surface area (Å²) >= 11 is 15.9. The zero-order valence-corrected chi connectivity index (χ0v) is 14.4. The molecule has 3 nitrogen and oxygen atoms in total. The molecule has 0 aliphatic carbocycles. The number of nitrogens with one attached hydrogen (secondary N) is 1. The molecule has 0 bridgehead atoms. The lowest BCUT2D eigenvalue weighted by Crippen LogP contribution is -2.23. The first kappa shape index (κ1) is 16.2. The van der Waals surface area contributed by atoms with Crippen LogP contribution in [0.4, 0.5) is 4.39 Å². The second-order valence-electron chi connectivity index (χ2n) is 3.69. The van der Waals surface area contributed by atoms with Gasteiger partial charge in [-0.25, -0.2) is 17.5 Å². The van der Waals surface area contributed by atoms with Crippen molar-refractivity contribution < 1.29 is 12.8 Å². The van der Waals surface area contributed by atoms with Crippen molar-refractivity contribution in [3.63, 3.8) is 0 Å². The number of hydrogen-bond acceptors (Lipinski definition) is 3. The molecule has 0 aliphatic heterocycles. The van der Waals surface area contributed by atoms with Crippen molar-refractivity contribution in [2.45, 2.75) is 11.4 Å². The van der Waals surface area contributed by atoms with Gasteiger partial charge in [-0.1, -0.05) is 23.2 Å². The van der Waals surface area contributed by atoms with Gasteiger partial charge in [-0.2, -0.15) is 0 Å². The molecule has 0 fully saturated rings. The summed E-state index contributed by atoms with van der Waals surface area (Å²) in [6.45, 7) is 0.0845. The van der Waals surface area contributed by atoms with Crippen molar-refractivity contribution in [1.82, 2.24) is 4.72 Å². The smallest absolute Gasteiger partial charge is 0.207 e. The van der Waals surface area contributed by atoms with Crippen LogP contribution in [0.1, 0.15) is 4.88 Å². The summed E-state index contributed by atoms with van der Waals surface area (Å²) < 4.78 is 40.9. The lowest BCUT2D eigenvalue weighted by molar-refractivity contribution is 0.578. The molecule has 0 unspecified atom stereocenters. The number of sulfonamides is 1.